The van der Waals surface area contributed by atoms with Gasteiger partial charge in [0.2, 0.25) is 5.91 Å². The number of thiazole rings is 1. The third kappa shape index (κ3) is 5.29. The number of carbonyl (C=O) groups excluding carboxylic acids is 2. The summed E-state index contributed by atoms with van der Waals surface area (Å²) in [4.78, 5) is 30.2. The van der Waals surface area contributed by atoms with Crippen LogP contribution >= 0.6 is 27.3 Å². The highest BCUT2D eigenvalue weighted by Gasteiger charge is 2.20. The number of halogens is 1. The van der Waals surface area contributed by atoms with Crippen LogP contribution in [0, 0.1) is 0 Å². The van der Waals surface area contributed by atoms with Crippen molar-refractivity contribution in [2.45, 2.75) is 32.3 Å². The van der Waals surface area contributed by atoms with Crippen molar-refractivity contribution in [1.29, 1.82) is 0 Å². The molecule has 8 heteroatoms. The Morgan fingerprint density at radius 3 is 3.00 bits per heavy atom. The smallest absolute Gasteiger partial charge is 0.326 e. The lowest BCUT2D eigenvalue weighted by atomic mass is 10.2. The molecule has 0 saturated carbocycles. The molecule has 1 aliphatic heterocycles. The Morgan fingerprint density at radius 1 is 1.33 bits per heavy atom. The average molecular weight is 453 g/mol. The molecule has 0 atom stereocenters. The van der Waals surface area contributed by atoms with E-state index in [2.05, 4.69) is 20.9 Å². The Labute approximate surface area is 170 Å². The molecule has 1 fully saturated rings. The van der Waals surface area contributed by atoms with Gasteiger partial charge in [-0.3, -0.25) is 9.59 Å². The molecular weight excluding hydrogens is 432 g/mol. The van der Waals surface area contributed by atoms with E-state index in [0.717, 1.165) is 40.1 Å². The van der Waals surface area contributed by atoms with Crippen LogP contribution < -0.4 is 4.74 Å². The number of esters is 1. The molecule has 0 spiro atoms. The van der Waals surface area contributed by atoms with Gasteiger partial charge in [-0.15, -0.1) is 11.3 Å². The highest BCUT2D eigenvalue weighted by atomic mass is 79.9. The van der Waals surface area contributed by atoms with Gasteiger partial charge in [0.05, 0.1) is 18.4 Å². The molecule has 1 amide bonds. The molecule has 1 aromatic carbocycles. The molecule has 0 N–H and O–H groups in total. The number of ether oxygens (including phenoxy) is 2. The molecule has 0 unspecified atom stereocenters. The van der Waals surface area contributed by atoms with Gasteiger partial charge in [-0.25, -0.2) is 4.98 Å². The van der Waals surface area contributed by atoms with Crippen LogP contribution in [0.1, 0.15) is 31.4 Å². The molecule has 1 aliphatic rings. The number of aromatic nitrogens is 1. The number of nitrogens with zero attached hydrogens (tertiary/aromatic N) is 2. The maximum atomic E-state index is 12.1. The van der Waals surface area contributed by atoms with E-state index in [9.17, 15) is 9.59 Å². The van der Waals surface area contributed by atoms with Crippen molar-refractivity contribution in [2.75, 3.05) is 20.2 Å². The van der Waals surface area contributed by atoms with Crippen LogP contribution in [-0.4, -0.2) is 42.0 Å². The summed E-state index contributed by atoms with van der Waals surface area (Å²) in [6.45, 7) is 0.723. The van der Waals surface area contributed by atoms with Crippen molar-refractivity contribution < 1.29 is 19.1 Å². The summed E-state index contributed by atoms with van der Waals surface area (Å²) in [7, 11) is 1.62. The fraction of sp³-hybridized carbons (Fsp3) is 0.421. The third-order valence-corrected chi connectivity index (χ3v) is 5.73. The van der Waals surface area contributed by atoms with Gasteiger partial charge >= 0.3 is 5.97 Å². The fourth-order valence-corrected chi connectivity index (χ4v) is 4.09. The molecule has 6 nitrogen and oxygen atoms in total. The third-order valence-electron chi connectivity index (χ3n) is 4.32. The van der Waals surface area contributed by atoms with Gasteiger partial charge in [0.25, 0.3) is 0 Å². The highest BCUT2D eigenvalue weighted by molar-refractivity contribution is 9.10. The van der Waals surface area contributed by atoms with Gasteiger partial charge in [0.15, 0.2) is 0 Å². The normalized spacial score (nSPS) is 14.7. The summed E-state index contributed by atoms with van der Waals surface area (Å²) in [6, 6.07) is 5.72. The molecule has 1 aromatic heterocycles. The summed E-state index contributed by atoms with van der Waals surface area (Å²) in [5.74, 6) is 0.359. The van der Waals surface area contributed by atoms with E-state index >= 15 is 0 Å². The van der Waals surface area contributed by atoms with Gasteiger partial charge in [0, 0.05) is 22.8 Å². The van der Waals surface area contributed by atoms with Crippen molar-refractivity contribution in [3.63, 3.8) is 0 Å². The first-order valence-electron chi connectivity index (χ1n) is 8.78. The monoisotopic (exact) mass is 452 g/mol. The fourth-order valence-electron chi connectivity index (χ4n) is 2.91. The van der Waals surface area contributed by atoms with Crippen LogP contribution in [0.4, 0.5) is 0 Å². The number of rotatable bonds is 6. The number of amides is 1. The number of hydrogen-bond donors (Lipinski definition) is 0. The minimum atomic E-state index is -0.403. The Hall–Kier alpha value is -1.93. The van der Waals surface area contributed by atoms with Gasteiger partial charge in [-0.2, -0.15) is 0 Å². The second-order valence-corrected chi connectivity index (χ2v) is 8.05. The van der Waals surface area contributed by atoms with E-state index in [0.29, 0.717) is 18.7 Å². The van der Waals surface area contributed by atoms with Gasteiger partial charge in [-0.05, 0) is 31.0 Å². The molecule has 27 heavy (non-hydrogen) atoms. The van der Waals surface area contributed by atoms with Crippen molar-refractivity contribution in [3.05, 3.63) is 33.7 Å². The molecule has 3 rings (SSSR count). The summed E-state index contributed by atoms with van der Waals surface area (Å²) < 4.78 is 11.6. The Kier molecular flexibility index (Phi) is 6.84. The minimum absolute atomic E-state index is 0.00921. The summed E-state index contributed by atoms with van der Waals surface area (Å²) in [5.41, 5.74) is 1.55. The first-order chi connectivity index (χ1) is 13.1. The van der Waals surface area contributed by atoms with Crippen molar-refractivity contribution in [3.8, 4) is 16.3 Å². The zero-order chi connectivity index (χ0) is 19.2. The lowest BCUT2D eigenvalue weighted by Gasteiger charge is -2.19. The van der Waals surface area contributed by atoms with E-state index in [-0.39, 0.29) is 19.1 Å². The SMILES string of the molecule is COc1ccc(Br)cc1-c1nc(COC(=O)CN2CCCCCC2=O)cs1. The summed E-state index contributed by atoms with van der Waals surface area (Å²) in [6.07, 6.45) is 3.36. The van der Waals surface area contributed by atoms with Crippen molar-refractivity contribution >= 4 is 39.1 Å². The van der Waals surface area contributed by atoms with Crippen LogP contribution in [0.2, 0.25) is 0 Å². The van der Waals surface area contributed by atoms with Crippen LogP contribution in [0.3, 0.4) is 0 Å². The topological polar surface area (TPSA) is 68.7 Å². The molecule has 0 aliphatic carbocycles. The molecule has 1 saturated heterocycles. The van der Waals surface area contributed by atoms with E-state index < -0.39 is 5.97 Å². The standard InChI is InChI=1S/C19H21BrN2O4S/c1-25-16-7-6-13(20)9-15(16)19-21-14(12-27-19)11-26-18(24)10-22-8-4-2-3-5-17(22)23/h6-7,9,12H,2-5,8,10-11H2,1H3. The molecular formula is C19H21BrN2O4S. The van der Waals surface area contributed by atoms with Gasteiger partial charge in [-0.1, -0.05) is 22.4 Å². The number of hydrogen-bond acceptors (Lipinski definition) is 6. The average Bonchev–Trinajstić information content (AvgIpc) is 3.05. The van der Waals surface area contributed by atoms with E-state index in [1.807, 2.05) is 23.6 Å². The molecule has 0 radical (unpaired) electrons. The largest absolute Gasteiger partial charge is 0.496 e. The van der Waals surface area contributed by atoms with Crippen LogP contribution in [0.5, 0.6) is 5.75 Å². The van der Waals surface area contributed by atoms with Crippen LogP contribution in [-0.2, 0) is 20.9 Å². The van der Waals surface area contributed by atoms with E-state index in [1.54, 1.807) is 12.0 Å². The minimum Gasteiger partial charge on any atom is -0.496 e. The maximum Gasteiger partial charge on any atom is 0.326 e. The lowest BCUT2D eigenvalue weighted by molar-refractivity contribution is -0.150. The second kappa shape index (κ2) is 9.32. The molecule has 144 valence electrons. The van der Waals surface area contributed by atoms with Crippen molar-refractivity contribution in [1.82, 2.24) is 9.88 Å². The quantitative estimate of drug-likeness (QED) is 0.618. The van der Waals surface area contributed by atoms with Gasteiger partial charge < -0.3 is 14.4 Å². The maximum absolute atomic E-state index is 12.1. The second-order valence-electron chi connectivity index (χ2n) is 6.28. The predicted molar refractivity (Wildman–Crippen MR) is 107 cm³/mol. The summed E-state index contributed by atoms with van der Waals surface area (Å²) >= 11 is 4.92. The zero-order valence-electron chi connectivity index (χ0n) is 15.1. The number of benzene rings is 1. The van der Waals surface area contributed by atoms with E-state index in [4.69, 9.17) is 9.47 Å². The zero-order valence-corrected chi connectivity index (χ0v) is 17.5. The number of methoxy groups -OCH3 is 1. The summed E-state index contributed by atoms with van der Waals surface area (Å²) in [5, 5.41) is 2.65. The first kappa shape index (κ1) is 19.8. The van der Waals surface area contributed by atoms with Crippen LogP contribution in [0.25, 0.3) is 10.6 Å². The lowest BCUT2D eigenvalue weighted by Crippen LogP contribution is -2.35. The number of carbonyl (C=O) groups is 2. The Bertz CT molecular complexity index is 824. The van der Waals surface area contributed by atoms with Crippen molar-refractivity contribution in [2.24, 2.45) is 0 Å². The molecule has 0 bridgehead atoms. The number of likely N-dealkylation sites (tertiary alicyclic amines) is 1. The molecule has 2 aromatic rings. The Morgan fingerprint density at radius 2 is 2.19 bits per heavy atom. The highest BCUT2D eigenvalue weighted by Crippen LogP contribution is 2.34. The molecule has 2 heterocycles. The van der Waals surface area contributed by atoms with Gasteiger partial charge in [0.1, 0.15) is 23.9 Å². The van der Waals surface area contributed by atoms with Crippen LogP contribution in [0.15, 0.2) is 28.1 Å². The van der Waals surface area contributed by atoms with E-state index in [1.165, 1.54) is 11.3 Å². The Balaban J connectivity index is 1.59. The predicted octanol–water partition coefficient (Wildman–Crippen LogP) is 4.03. The first-order valence-corrected chi connectivity index (χ1v) is 10.5.